The zero-order chi connectivity index (χ0) is 18.0. The number of rotatable bonds is 4. The molecule has 0 saturated carbocycles. The molecule has 134 valence electrons. The van der Waals surface area contributed by atoms with Crippen molar-refractivity contribution in [2.45, 2.75) is 30.8 Å². The fourth-order valence-corrected chi connectivity index (χ4v) is 4.40. The van der Waals surface area contributed by atoms with Crippen LogP contribution in [-0.4, -0.2) is 41.9 Å². The molecule has 1 fully saturated rings. The second-order valence-corrected chi connectivity index (χ2v) is 8.19. The average molecular weight is 386 g/mol. The van der Waals surface area contributed by atoms with Crippen LogP contribution in [-0.2, 0) is 10.0 Å². The van der Waals surface area contributed by atoms with Gasteiger partial charge in [0.25, 0.3) is 0 Å². The Kier molecular flexibility index (Phi) is 5.21. The summed E-state index contributed by atoms with van der Waals surface area (Å²) in [5.74, 6) is -0.559. The van der Waals surface area contributed by atoms with Crippen molar-refractivity contribution < 1.29 is 17.5 Å². The minimum atomic E-state index is -3.67. The van der Waals surface area contributed by atoms with E-state index < -0.39 is 21.9 Å². The van der Waals surface area contributed by atoms with E-state index in [0.29, 0.717) is 24.4 Å². The third-order valence-corrected chi connectivity index (χ3v) is 6.26. The number of sulfonamides is 1. The van der Waals surface area contributed by atoms with Crippen molar-refractivity contribution >= 4 is 21.6 Å². The summed E-state index contributed by atoms with van der Waals surface area (Å²) < 4.78 is 45.5. The first-order valence-electron chi connectivity index (χ1n) is 7.77. The third-order valence-electron chi connectivity index (χ3n) is 3.99. The third kappa shape index (κ3) is 4.08. The maximum Gasteiger partial charge on any atom is 0.316 e. The van der Waals surface area contributed by atoms with Gasteiger partial charge in [0.05, 0.1) is 23.8 Å². The minimum Gasteiger partial charge on any atom is -0.459 e. The van der Waals surface area contributed by atoms with Gasteiger partial charge in [-0.25, -0.2) is 22.8 Å². The van der Waals surface area contributed by atoms with E-state index in [1.165, 1.54) is 10.4 Å². The molecule has 2 aromatic rings. The summed E-state index contributed by atoms with van der Waals surface area (Å²) in [5.41, 5.74) is 0.814. The predicted molar refractivity (Wildman–Crippen MR) is 90.6 cm³/mol. The van der Waals surface area contributed by atoms with E-state index in [2.05, 4.69) is 9.97 Å². The standard InChI is InChI=1S/C16H17ClFN3O3S/c1-11-4-5-14(7-15(11)17)25(22,23)21-6-2-3-13(10-21)24-16-19-8-12(18)9-20-16/h4-5,7-9,13H,2-3,6,10H2,1H3. The van der Waals surface area contributed by atoms with E-state index in [1.807, 2.05) is 6.92 Å². The lowest BCUT2D eigenvalue weighted by molar-refractivity contribution is 0.119. The molecule has 6 nitrogen and oxygen atoms in total. The van der Waals surface area contributed by atoms with Crippen molar-refractivity contribution in [3.8, 4) is 6.01 Å². The smallest absolute Gasteiger partial charge is 0.316 e. The molecule has 1 aliphatic heterocycles. The molecule has 0 amide bonds. The zero-order valence-corrected chi connectivity index (χ0v) is 15.1. The first-order valence-corrected chi connectivity index (χ1v) is 9.58. The van der Waals surface area contributed by atoms with Crippen LogP contribution in [0.1, 0.15) is 18.4 Å². The van der Waals surface area contributed by atoms with Crippen LogP contribution in [0.2, 0.25) is 5.02 Å². The van der Waals surface area contributed by atoms with E-state index in [4.69, 9.17) is 16.3 Å². The normalized spacial score (nSPS) is 18.9. The maximum absolute atomic E-state index is 12.9. The average Bonchev–Trinajstić information content (AvgIpc) is 2.59. The molecule has 0 N–H and O–H groups in total. The molecule has 1 unspecified atom stereocenters. The summed E-state index contributed by atoms with van der Waals surface area (Å²) >= 11 is 6.05. The van der Waals surface area contributed by atoms with Gasteiger partial charge < -0.3 is 4.74 Å². The number of hydrogen-bond acceptors (Lipinski definition) is 5. The van der Waals surface area contributed by atoms with E-state index in [1.54, 1.807) is 12.1 Å². The minimum absolute atomic E-state index is 0.0315. The second kappa shape index (κ2) is 7.23. The van der Waals surface area contributed by atoms with E-state index in [0.717, 1.165) is 18.0 Å². The van der Waals surface area contributed by atoms with Crippen LogP contribution in [0.15, 0.2) is 35.5 Å². The number of benzene rings is 1. The van der Waals surface area contributed by atoms with Crippen molar-refractivity contribution in [1.82, 2.24) is 14.3 Å². The summed E-state index contributed by atoms with van der Waals surface area (Å²) in [5, 5.41) is 0.408. The van der Waals surface area contributed by atoms with Gasteiger partial charge in [0.15, 0.2) is 5.82 Å². The first kappa shape index (κ1) is 18.0. The Morgan fingerprint density at radius 2 is 2.04 bits per heavy atom. The summed E-state index contributed by atoms with van der Waals surface area (Å²) in [6.45, 7) is 2.39. The van der Waals surface area contributed by atoms with Crippen molar-refractivity contribution in [3.63, 3.8) is 0 Å². The second-order valence-electron chi connectivity index (χ2n) is 5.84. The number of ether oxygens (including phenoxy) is 1. The molecule has 2 heterocycles. The molecule has 1 aromatic heterocycles. The highest BCUT2D eigenvalue weighted by Gasteiger charge is 2.31. The van der Waals surface area contributed by atoms with Gasteiger partial charge in [-0.15, -0.1) is 0 Å². The van der Waals surface area contributed by atoms with Gasteiger partial charge in [-0.2, -0.15) is 4.31 Å². The summed E-state index contributed by atoms with van der Waals surface area (Å²) in [4.78, 5) is 7.65. The highest BCUT2D eigenvalue weighted by molar-refractivity contribution is 7.89. The first-order chi connectivity index (χ1) is 11.9. The van der Waals surface area contributed by atoms with Crippen LogP contribution in [0.5, 0.6) is 6.01 Å². The fourth-order valence-electron chi connectivity index (χ4n) is 2.61. The molecule has 0 radical (unpaired) electrons. The van der Waals surface area contributed by atoms with Crippen LogP contribution in [0.4, 0.5) is 4.39 Å². The Morgan fingerprint density at radius 3 is 2.72 bits per heavy atom. The monoisotopic (exact) mass is 385 g/mol. The molecule has 0 aliphatic carbocycles. The number of hydrogen-bond donors (Lipinski definition) is 0. The Hall–Kier alpha value is -1.77. The SMILES string of the molecule is Cc1ccc(S(=O)(=O)N2CCCC(Oc3ncc(F)cn3)C2)cc1Cl. The van der Waals surface area contributed by atoms with Gasteiger partial charge in [-0.1, -0.05) is 17.7 Å². The predicted octanol–water partition coefficient (Wildman–Crippen LogP) is 2.81. The van der Waals surface area contributed by atoms with Gasteiger partial charge >= 0.3 is 6.01 Å². The Bertz CT molecular complexity index is 861. The number of aryl methyl sites for hydroxylation is 1. The van der Waals surface area contributed by atoms with E-state index in [-0.39, 0.29) is 17.5 Å². The number of nitrogens with zero attached hydrogens (tertiary/aromatic N) is 3. The highest BCUT2D eigenvalue weighted by Crippen LogP contribution is 2.26. The number of piperidine rings is 1. The van der Waals surface area contributed by atoms with Crippen LogP contribution in [0.25, 0.3) is 0 Å². The molecule has 1 aliphatic rings. The van der Waals surface area contributed by atoms with Crippen LogP contribution < -0.4 is 4.74 Å². The van der Waals surface area contributed by atoms with E-state index in [9.17, 15) is 12.8 Å². The lowest BCUT2D eigenvalue weighted by atomic mass is 10.1. The van der Waals surface area contributed by atoms with Crippen molar-refractivity contribution in [2.24, 2.45) is 0 Å². The van der Waals surface area contributed by atoms with Gasteiger partial charge in [-0.3, -0.25) is 0 Å². The molecule has 1 saturated heterocycles. The molecule has 0 spiro atoms. The quantitative estimate of drug-likeness (QED) is 0.809. The van der Waals surface area contributed by atoms with Crippen molar-refractivity contribution in [3.05, 3.63) is 47.0 Å². The van der Waals surface area contributed by atoms with Crippen molar-refractivity contribution in [2.75, 3.05) is 13.1 Å². The Balaban J connectivity index is 1.75. The maximum atomic E-state index is 12.9. The number of aromatic nitrogens is 2. The molecule has 25 heavy (non-hydrogen) atoms. The van der Waals surface area contributed by atoms with Gasteiger partial charge in [0.2, 0.25) is 10.0 Å². The van der Waals surface area contributed by atoms with Gasteiger partial charge in [0, 0.05) is 11.6 Å². The highest BCUT2D eigenvalue weighted by atomic mass is 35.5. The number of halogens is 2. The topological polar surface area (TPSA) is 72.4 Å². The molecule has 3 rings (SSSR count). The molecule has 0 bridgehead atoms. The molecule has 1 atom stereocenters. The summed E-state index contributed by atoms with van der Waals surface area (Å²) in [7, 11) is -3.67. The van der Waals surface area contributed by atoms with Crippen molar-refractivity contribution in [1.29, 1.82) is 0 Å². The largest absolute Gasteiger partial charge is 0.459 e. The summed E-state index contributed by atoms with van der Waals surface area (Å²) in [6.07, 6.45) is 2.93. The lowest BCUT2D eigenvalue weighted by Crippen LogP contribution is -2.44. The van der Waals surface area contributed by atoms with Crippen LogP contribution >= 0.6 is 11.6 Å². The Morgan fingerprint density at radius 1 is 1.32 bits per heavy atom. The van der Waals surface area contributed by atoms with Gasteiger partial charge in [0.1, 0.15) is 6.10 Å². The molecular formula is C16H17ClFN3O3S. The zero-order valence-electron chi connectivity index (χ0n) is 13.5. The molecular weight excluding hydrogens is 369 g/mol. The lowest BCUT2D eigenvalue weighted by Gasteiger charge is -2.31. The van der Waals surface area contributed by atoms with Crippen LogP contribution in [0, 0.1) is 12.7 Å². The Labute approximate surface area is 150 Å². The van der Waals surface area contributed by atoms with Crippen LogP contribution in [0.3, 0.4) is 0 Å². The van der Waals surface area contributed by atoms with Gasteiger partial charge in [-0.05, 0) is 37.5 Å². The molecule has 9 heteroatoms. The molecule has 1 aromatic carbocycles. The fraction of sp³-hybridized carbons (Fsp3) is 0.375. The summed E-state index contributed by atoms with van der Waals surface area (Å²) in [6, 6.07) is 4.72. The van der Waals surface area contributed by atoms with E-state index >= 15 is 0 Å².